The van der Waals surface area contributed by atoms with Crippen LogP contribution in [-0.4, -0.2) is 18.0 Å². The quantitative estimate of drug-likeness (QED) is 0.307. The Labute approximate surface area is 197 Å². The Hall–Kier alpha value is -2.64. The first-order valence-electron chi connectivity index (χ1n) is 9.85. The molecule has 164 valence electrons. The van der Waals surface area contributed by atoms with Crippen LogP contribution < -0.4 is 0 Å². The van der Waals surface area contributed by atoms with Crippen LogP contribution in [0.1, 0.15) is 17.2 Å². The van der Waals surface area contributed by atoms with Crippen molar-refractivity contribution >= 4 is 33.0 Å². The fourth-order valence-corrected chi connectivity index (χ4v) is 5.10. The first kappa shape index (κ1) is 22.6. The zero-order valence-electron chi connectivity index (χ0n) is 16.9. The summed E-state index contributed by atoms with van der Waals surface area (Å²) in [5.74, 6) is 0. The van der Waals surface area contributed by atoms with Gasteiger partial charge in [0.1, 0.15) is 6.10 Å². The van der Waals surface area contributed by atoms with E-state index < -0.39 is 9.84 Å². The number of imidazole rings is 1. The minimum absolute atomic E-state index is 0.239. The van der Waals surface area contributed by atoms with Crippen LogP contribution in [0.2, 0.25) is 10.0 Å². The van der Waals surface area contributed by atoms with Gasteiger partial charge in [0.2, 0.25) is 9.84 Å². The zero-order chi connectivity index (χ0) is 22.6. The normalized spacial score (nSPS) is 12.6. The Kier molecular flexibility index (Phi) is 6.96. The number of rotatable bonds is 8. The van der Waals surface area contributed by atoms with Gasteiger partial charge in [-0.25, -0.2) is 13.4 Å². The fraction of sp³-hybridized carbons (Fsp3) is 0.125. The predicted octanol–water partition coefficient (Wildman–Crippen LogP) is 5.98. The molecule has 4 rings (SSSR count). The highest BCUT2D eigenvalue weighted by molar-refractivity contribution is 7.91. The van der Waals surface area contributed by atoms with E-state index in [0.717, 1.165) is 11.1 Å². The van der Waals surface area contributed by atoms with Crippen LogP contribution in [0.5, 0.6) is 0 Å². The lowest BCUT2D eigenvalue weighted by Crippen LogP contribution is -2.12. The fourth-order valence-electron chi connectivity index (χ4n) is 3.29. The van der Waals surface area contributed by atoms with Gasteiger partial charge in [-0.3, -0.25) is 0 Å². The predicted molar refractivity (Wildman–Crippen MR) is 125 cm³/mol. The van der Waals surface area contributed by atoms with Crippen molar-refractivity contribution in [2.24, 2.45) is 0 Å². The molecule has 1 aromatic heterocycles. The molecule has 4 aromatic rings. The van der Waals surface area contributed by atoms with E-state index in [0.29, 0.717) is 16.6 Å². The third kappa shape index (κ3) is 5.22. The van der Waals surface area contributed by atoms with E-state index in [2.05, 4.69) is 4.98 Å². The smallest absolute Gasteiger partial charge is 0.206 e. The molecule has 1 atom stereocenters. The number of sulfone groups is 1. The van der Waals surface area contributed by atoms with Crippen molar-refractivity contribution in [2.75, 3.05) is 0 Å². The van der Waals surface area contributed by atoms with E-state index in [1.54, 1.807) is 79.3 Å². The average molecular weight is 487 g/mol. The SMILES string of the molecule is O=S(=O)(c1ccccc1)c1ccc(CO[C@@H](Cn2ccnc2)c2ccc(Cl)cc2Cl)cc1. The molecule has 1 heterocycles. The minimum atomic E-state index is -3.56. The van der Waals surface area contributed by atoms with Crippen LogP contribution in [0.15, 0.2) is 101 Å². The first-order chi connectivity index (χ1) is 15.4. The summed E-state index contributed by atoms with van der Waals surface area (Å²) >= 11 is 12.5. The molecule has 32 heavy (non-hydrogen) atoms. The Morgan fingerprint density at radius 2 is 1.66 bits per heavy atom. The van der Waals surface area contributed by atoms with E-state index in [9.17, 15) is 8.42 Å². The second-order valence-electron chi connectivity index (χ2n) is 7.19. The summed E-state index contributed by atoms with van der Waals surface area (Å²) in [6, 6.07) is 20.4. The molecular weight excluding hydrogens is 467 g/mol. The number of aromatic nitrogens is 2. The van der Waals surface area contributed by atoms with Gasteiger partial charge in [-0.2, -0.15) is 0 Å². The molecule has 0 bridgehead atoms. The highest BCUT2D eigenvalue weighted by atomic mass is 35.5. The third-order valence-electron chi connectivity index (χ3n) is 4.98. The van der Waals surface area contributed by atoms with Gasteiger partial charge in [-0.15, -0.1) is 0 Å². The number of nitrogens with zero attached hydrogens (tertiary/aromatic N) is 2. The summed E-state index contributed by atoms with van der Waals surface area (Å²) in [5, 5.41) is 1.07. The van der Waals surface area contributed by atoms with Crippen molar-refractivity contribution in [2.45, 2.75) is 29.0 Å². The van der Waals surface area contributed by atoms with Gasteiger partial charge in [0.15, 0.2) is 0 Å². The van der Waals surface area contributed by atoms with Gasteiger partial charge < -0.3 is 9.30 Å². The van der Waals surface area contributed by atoms with E-state index in [4.69, 9.17) is 27.9 Å². The monoisotopic (exact) mass is 486 g/mol. The summed E-state index contributed by atoms with van der Waals surface area (Å²) in [6.45, 7) is 0.797. The van der Waals surface area contributed by atoms with Gasteiger partial charge in [0.25, 0.3) is 0 Å². The highest BCUT2D eigenvalue weighted by Crippen LogP contribution is 2.30. The van der Waals surface area contributed by atoms with Crippen LogP contribution in [-0.2, 0) is 27.7 Å². The molecule has 0 radical (unpaired) electrons. The Balaban J connectivity index is 1.52. The van der Waals surface area contributed by atoms with Gasteiger partial charge in [-0.1, -0.05) is 59.6 Å². The molecule has 8 heteroatoms. The summed E-state index contributed by atoms with van der Waals surface area (Å²) in [7, 11) is -3.56. The van der Waals surface area contributed by atoms with Crippen molar-refractivity contribution in [1.29, 1.82) is 0 Å². The largest absolute Gasteiger partial charge is 0.367 e. The van der Waals surface area contributed by atoms with Crippen LogP contribution in [0.4, 0.5) is 0 Å². The molecule has 0 aliphatic heterocycles. The standard InChI is InChI=1S/C24H20Cl2N2O3S/c25-19-8-11-22(23(26)14-19)24(15-28-13-12-27-17-28)31-16-18-6-9-21(10-7-18)32(29,30)20-4-2-1-3-5-20/h1-14,17,24H,15-16H2/t24-/m0/s1. The molecule has 0 aliphatic rings. The number of hydrogen-bond donors (Lipinski definition) is 0. The van der Waals surface area contributed by atoms with Crippen LogP contribution >= 0.6 is 23.2 Å². The van der Waals surface area contributed by atoms with E-state index in [1.807, 2.05) is 16.8 Å². The maximum absolute atomic E-state index is 12.8. The van der Waals surface area contributed by atoms with E-state index in [-0.39, 0.29) is 22.5 Å². The van der Waals surface area contributed by atoms with Crippen LogP contribution in [0, 0.1) is 0 Å². The molecule has 0 aliphatic carbocycles. The minimum Gasteiger partial charge on any atom is -0.367 e. The van der Waals surface area contributed by atoms with Crippen LogP contribution in [0.25, 0.3) is 0 Å². The molecular formula is C24H20Cl2N2O3S. The maximum atomic E-state index is 12.8. The van der Waals surface area contributed by atoms with Crippen molar-refractivity contribution < 1.29 is 13.2 Å². The Morgan fingerprint density at radius 1 is 0.938 bits per heavy atom. The van der Waals surface area contributed by atoms with Gasteiger partial charge in [0.05, 0.1) is 29.3 Å². The summed E-state index contributed by atoms with van der Waals surface area (Å²) in [6.07, 6.45) is 4.92. The highest BCUT2D eigenvalue weighted by Gasteiger charge is 2.19. The topological polar surface area (TPSA) is 61.2 Å². The summed E-state index contributed by atoms with van der Waals surface area (Å²) in [4.78, 5) is 4.58. The maximum Gasteiger partial charge on any atom is 0.206 e. The third-order valence-corrected chi connectivity index (χ3v) is 7.33. The molecule has 3 aromatic carbocycles. The molecule has 0 saturated carbocycles. The van der Waals surface area contributed by atoms with E-state index >= 15 is 0 Å². The number of halogens is 2. The Morgan fingerprint density at radius 3 is 2.31 bits per heavy atom. The molecule has 0 N–H and O–H groups in total. The molecule has 0 spiro atoms. The number of benzene rings is 3. The second-order valence-corrected chi connectivity index (χ2v) is 9.98. The van der Waals surface area contributed by atoms with Gasteiger partial charge in [0, 0.05) is 28.0 Å². The summed E-state index contributed by atoms with van der Waals surface area (Å²) in [5.41, 5.74) is 1.66. The van der Waals surface area contributed by atoms with Gasteiger partial charge >= 0.3 is 0 Å². The van der Waals surface area contributed by atoms with Crippen molar-refractivity contribution in [3.05, 3.63) is 113 Å². The lowest BCUT2D eigenvalue weighted by molar-refractivity contribution is 0.0280. The second kappa shape index (κ2) is 9.88. The van der Waals surface area contributed by atoms with Crippen molar-refractivity contribution in [1.82, 2.24) is 9.55 Å². The summed E-state index contributed by atoms with van der Waals surface area (Å²) < 4.78 is 33.6. The molecule has 0 saturated heterocycles. The van der Waals surface area contributed by atoms with Crippen LogP contribution in [0.3, 0.4) is 0 Å². The van der Waals surface area contributed by atoms with E-state index in [1.165, 1.54) is 0 Å². The molecule has 0 fully saturated rings. The van der Waals surface area contributed by atoms with Crippen molar-refractivity contribution in [3.8, 4) is 0 Å². The Bertz CT molecular complexity index is 1280. The lowest BCUT2D eigenvalue weighted by Gasteiger charge is -2.20. The van der Waals surface area contributed by atoms with Gasteiger partial charge in [-0.05, 0) is 42.0 Å². The molecule has 5 nitrogen and oxygen atoms in total. The number of hydrogen-bond acceptors (Lipinski definition) is 4. The number of ether oxygens (including phenoxy) is 1. The zero-order valence-corrected chi connectivity index (χ0v) is 19.3. The lowest BCUT2D eigenvalue weighted by atomic mass is 10.1. The molecule has 0 amide bonds. The molecule has 0 unspecified atom stereocenters. The first-order valence-corrected chi connectivity index (χ1v) is 12.1. The average Bonchev–Trinajstić information content (AvgIpc) is 3.31. The van der Waals surface area contributed by atoms with Crippen molar-refractivity contribution in [3.63, 3.8) is 0 Å².